The molecule has 1 N–H and O–H groups in total. The van der Waals surface area contributed by atoms with Gasteiger partial charge in [0, 0.05) is 32.0 Å². The van der Waals surface area contributed by atoms with Crippen LogP contribution in [0.2, 0.25) is 0 Å². The normalized spacial score (nSPS) is 31.6. The minimum absolute atomic E-state index is 0.103. The van der Waals surface area contributed by atoms with E-state index in [1.165, 1.54) is 43.4 Å². The quantitative estimate of drug-likeness (QED) is 0.579. The van der Waals surface area contributed by atoms with Crippen molar-refractivity contribution in [2.24, 2.45) is 29.1 Å². The number of piperidine rings is 1. The van der Waals surface area contributed by atoms with Crippen LogP contribution in [-0.4, -0.2) is 47.2 Å². The molecule has 0 radical (unpaired) electrons. The van der Waals surface area contributed by atoms with Crippen LogP contribution in [0.1, 0.15) is 77.6 Å². The number of anilines is 1. The molecule has 38 heavy (non-hydrogen) atoms. The first-order valence-electron chi connectivity index (χ1n) is 14.4. The summed E-state index contributed by atoms with van der Waals surface area (Å²) in [6.45, 7) is 2.41. The Morgan fingerprint density at radius 1 is 0.974 bits per heavy atom. The number of nitrogens with one attached hydrogen (secondary N) is 1. The highest BCUT2D eigenvalue weighted by Crippen LogP contribution is 2.59. The Hall–Kier alpha value is -3.22. The van der Waals surface area contributed by atoms with Crippen LogP contribution >= 0.6 is 0 Å². The van der Waals surface area contributed by atoms with Gasteiger partial charge in [-0.2, -0.15) is 0 Å². The van der Waals surface area contributed by atoms with Gasteiger partial charge in [0.15, 0.2) is 0 Å². The van der Waals surface area contributed by atoms with E-state index >= 15 is 0 Å². The molecule has 198 valence electrons. The third-order valence-electron chi connectivity index (χ3n) is 10.0. The van der Waals surface area contributed by atoms with Gasteiger partial charge in [0.05, 0.1) is 29.3 Å². The maximum absolute atomic E-state index is 13.5. The third kappa shape index (κ3) is 4.11. The van der Waals surface area contributed by atoms with Crippen LogP contribution in [0, 0.1) is 29.1 Å². The molecule has 7 nitrogen and oxygen atoms in total. The molecule has 2 aliphatic heterocycles. The fourth-order valence-electron chi connectivity index (χ4n) is 8.73. The number of pyridine rings is 1. The molecule has 8 rings (SSSR count). The second kappa shape index (κ2) is 9.21. The molecule has 0 spiro atoms. The number of hydrogen-bond donors (Lipinski definition) is 1. The van der Waals surface area contributed by atoms with Crippen LogP contribution in [0.5, 0.6) is 0 Å². The van der Waals surface area contributed by atoms with Crippen LogP contribution in [0.25, 0.3) is 0 Å². The van der Waals surface area contributed by atoms with Gasteiger partial charge in [0.2, 0.25) is 5.91 Å². The maximum Gasteiger partial charge on any atom is 0.263 e. The molecule has 1 aromatic carbocycles. The van der Waals surface area contributed by atoms with Gasteiger partial charge < -0.3 is 10.2 Å². The summed E-state index contributed by atoms with van der Waals surface area (Å²) in [7, 11) is 0. The molecular weight excluding hydrogens is 476 g/mol. The van der Waals surface area contributed by atoms with Crippen molar-refractivity contribution in [1.82, 2.24) is 15.2 Å². The fourth-order valence-corrected chi connectivity index (χ4v) is 8.73. The van der Waals surface area contributed by atoms with Gasteiger partial charge in [-0.3, -0.25) is 24.3 Å². The Bertz CT molecular complexity index is 1240. The molecule has 3 amide bonds. The standard InChI is InChI=1S/C31H36N4O3/c36-28(33-19-31-14-21-11-22(15-31)13-23(12-21)16-31)24-3-2-10-34(18-24)26-5-1-4-25-27(26)30(38)35(29(25)37)17-20-6-8-32-9-7-20/h1,4-9,21-24H,2-3,10-19H2,(H,33,36)/t21?,22?,23?,24-,31?/m1/s1. The van der Waals surface area contributed by atoms with E-state index in [1.54, 1.807) is 18.5 Å². The minimum atomic E-state index is -0.259. The molecular formula is C31H36N4O3. The van der Waals surface area contributed by atoms with Gasteiger partial charge in [-0.25, -0.2) is 0 Å². The van der Waals surface area contributed by atoms with Gasteiger partial charge >= 0.3 is 0 Å². The smallest absolute Gasteiger partial charge is 0.263 e. The van der Waals surface area contributed by atoms with E-state index in [0.717, 1.165) is 54.9 Å². The first-order chi connectivity index (χ1) is 18.5. The summed E-state index contributed by atoms with van der Waals surface area (Å²) in [5, 5.41) is 3.38. The van der Waals surface area contributed by atoms with Crippen LogP contribution in [0.3, 0.4) is 0 Å². The number of fused-ring (bicyclic) bond motifs is 1. The van der Waals surface area contributed by atoms with Crippen molar-refractivity contribution in [3.05, 3.63) is 59.4 Å². The van der Waals surface area contributed by atoms with Gasteiger partial charge in [-0.15, -0.1) is 0 Å². The van der Waals surface area contributed by atoms with E-state index in [2.05, 4.69) is 15.2 Å². The Morgan fingerprint density at radius 2 is 1.68 bits per heavy atom. The number of nitrogens with zero attached hydrogens (tertiary/aromatic N) is 3. The monoisotopic (exact) mass is 512 g/mol. The largest absolute Gasteiger partial charge is 0.370 e. The average Bonchev–Trinajstić information content (AvgIpc) is 3.16. The molecule has 2 aromatic rings. The van der Waals surface area contributed by atoms with Crippen molar-refractivity contribution in [2.75, 3.05) is 24.5 Å². The Labute approximate surface area is 224 Å². The summed E-state index contributed by atoms with van der Waals surface area (Å²) in [5.41, 5.74) is 2.89. The molecule has 4 saturated carbocycles. The second-order valence-corrected chi connectivity index (χ2v) is 12.7. The van der Waals surface area contributed by atoms with E-state index in [-0.39, 0.29) is 30.2 Å². The predicted octanol–water partition coefficient (Wildman–Crippen LogP) is 4.43. The number of hydrogen-bond acceptors (Lipinski definition) is 5. The van der Waals surface area contributed by atoms with E-state index in [4.69, 9.17) is 0 Å². The number of imide groups is 1. The van der Waals surface area contributed by atoms with E-state index in [1.807, 2.05) is 24.3 Å². The summed E-state index contributed by atoms with van der Waals surface area (Å²) in [5.74, 6) is 2.16. The highest BCUT2D eigenvalue weighted by Gasteiger charge is 2.51. The molecule has 4 aliphatic carbocycles. The molecule has 7 heteroatoms. The molecule has 1 aromatic heterocycles. The number of rotatable bonds is 6. The van der Waals surface area contributed by atoms with Crippen LogP contribution < -0.4 is 10.2 Å². The molecule has 5 fully saturated rings. The maximum atomic E-state index is 13.5. The van der Waals surface area contributed by atoms with Gasteiger partial charge in [-0.1, -0.05) is 6.07 Å². The molecule has 1 saturated heterocycles. The Kier molecular flexibility index (Phi) is 5.78. The first kappa shape index (κ1) is 23.9. The molecule has 3 heterocycles. The van der Waals surface area contributed by atoms with Crippen LogP contribution in [0.15, 0.2) is 42.7 Å². The van der Waals surface area contributed by atoms with Crippen molar-refractivity contribution in [3.63, 3.8) is 0 Å². The van der Waals surface area contributed by atoms with Crippen LogP contribution in [-0.2, 0) is 11.3 Å². The molecule has 0 unspecified atom stereocenters. The van der Waals surface area contributed by atoms with Crippen LogP contribution in [0.4, 0.5) is 5.69 Å². The highest BCUT2D eigenvalue weighted by molar-refractivity contribution is 6.23. The summed E-state index contributed by atoms with van der Waals surface area (Å²) in [6, 6.07) is 9.16. The molecule has 1 atom stereocenters. The highest BCUT2D eigenvalue weighted by atomic mass is 16.2. The number of carbonyl (C=O) groups excluding carboxylic acids is 3. The van der Waals surface area contributed by atoms with Gasteiger partial charge in [-0.05, 0) is 104 Å². The fraction of sp³-hybridized carbons (Fsp3) is 0.548. The van der Waals surface area contributed by atoms with Crippen molar-refractivity contribution in [2.45, 2.75) is 57.9 Å². The molecule has 4 bridgehead atoms. The topological polar surface area (TPSA) is 82.6 Å². The van der Waals surface area contributed by atoms with Gasteiger partial charge in [0.1, 0.15) is 0 Å². The number of amides is 3. The predicted molar refractivity (Wildman–Crippen MR) is 143 cm³/mol. The lowest BCUT2D eigenvalue weighted by Gasteiger charge is -2.57. The zero-order valence-electron chi connectivity index (χ0n) is 21.9. The minimum Gasteiger partial charge on any atom is -0.370 e. The lowest BCUT2D eigenvalue weighted by molar-refractivity contribution is -0.127. The molecule has 6 aliphatic rings. The average molecular weight is 513 g/mol. The van der Waals surface area contributed by atoms with Crippen molar-refractivity contribution >= 4 is 23.4 Å². The zero-order chi connectivity index (χ0) is 25.9. The zero-order valence-corrected chi connectivity index (χ0v) is 21.9. The number of carbonyl (C=O) groups is 3. The summed E-state index contributed by atoms with van der Waals surface area (Å²) < 4.78 is 0. The van der Waals surface area contributed by atoms with Crippen molar-refractivity contribution in [3.8, 4) is 0 Å². The van der Waals surface area contributed by atoms with Crippen molar-refractivity contribution in [1.29, 1.82) is 0 Å². The SMILES string of the molecule is O=C(NCC12CC3CC(CC(C3)C1)C2)[C@@H]1CCCN(c2cccc3c2C(=O)N(Cc2ccncc2)C3=O)C1. The number of aromatic nitrogens is 1. The van der Waals surface area contributed by atoms with E-state index < -0.39 is 0 Å². The lowest BCUT2D eigenvalue weighted by atomic mass is 9.49. The first-order valence-corrected chi connectivity index (χ1v) is 14.4. The second-order valence-electron chi connectivity index (χ2n) is 12.7. The Morgan fingerprint density at radius 3 is 2.39 bits per heavy atom. The number of benzene rings is 1. The Balaban J connectivity index is 1.05. The third-order valence-corrected chi connectivity index (χ3v) is 10.0. The van der Waals surface area contributed by atoms with Crippen molar-refractivity contribution < 1.29 is 14.4 Å². The van der Waals surface area contributed by atoms with Gasteiger partial charge in [0.25, 0.3) is 11.8 Å². The summed E-state index contributed by atoms with van der Waals surface area (Å²) >= 11 is 0. The summed E-state index contributed by atoms with van der Waals surface area (Å²) in [4.78, 5) is 47.6. The van der Waals surface area contributed by atoms with E-state index in [9.17, 15) is 14.4 Å². The van der Waals surface area contributed by atoms with E-state index in [0.29, 0.717) is 23.1 Å². The lowest BCUT2D eigenvalue weighted by Crippen LogP contribution is -2.52. The summed E-state index contributed by atoms with van der Waals surface area (Å²) in [6.07, 6.45) is 13.2.